The summed E-state index contributed by atoms with van der Waals surface area (Å²) < 4.78 is 29.7. The second-order valence-corrected chi connectivity index (χ2v) is 6.26. The molecule has 0 aromatic heterocycles. The van der Waals surface area contributed by atoms with Crippen LogP contribution in [0.3, 0.4) is 0 Å². The first kappa shape index (κ1) is 12.9. The molecule has 0 spiro atoms. The van der Waals surface area contributed by atoms with Gasteiger partial charge in [-0.2, -0.15) is 8.42 Å². The summed E-state index contributed by atoms with van der Waals surface area (Å²) in [7, 11) is -3.72. The average molecular weight is 286 g/mol. The van der Waals surface area contributed by atoms with Crippen LogP contribution in [-0.2, 0) is 16.5 Å². The lowest BCUT2D eigenvalue weighted by Gasteiger charge is -2.16. The smallest absolute Gasteiger partial charge is 0.335 e. The van der Waals surface area contributed by atoms with Gasteiger partial charge in [0.05, 0.1) is 4.91 Å². The molecule has 4 heteroatoms. The molecular weight excluding hydrogens is 272 g/mol. The van der Waals surface area contributed by atoms with E-state index in [4.69, 9.17) is 4.18 Å². The number of allylic oxidation sites excluding steroid dienone is 1. The fraction of sp³-hybridized carbons (Fsp3) is 0.125. The summed E-state index contributed by atoms with van der Waals surface area (Å²) in [6.07, 6.45) is 2.91. The zero-order valence-electron chi connectivity index (χ0n) is 10.8. The highest BCUT2D eigenvalue weighted by atomic mass is 32.2. The van der Waals surface area contributed by atoms with Crippen molar-refractivity contribution in [2.75, 3.05) is 0 Å². The molecule has 0 radical (unpaired) electrons. The lowest BCUT2D eigenvalue weighted by atomic mass is 9.98. The van der Waals surface area contributed by atoms with Gasteiger partial charge in [-0.25, -0.2) is 0 Å². The molecule has 0 fully saturated rings. The highest BCUT2D eigenvalue weighted by molar-refractivity contribution is 7.91. The topological polar surface area (TPSA) is 43.4 Å². The van der Waals surface area contributed by atoms with Gasteiger partial charge in [0.25, 0.3) is 0 Å². The van der Waals surface area contributed by atoms with E-state index < -0.39 is 10.1 Å². The van der Waals surface area contributed by atoms with Crippen LogP contribution in [0.15, 0.2) is 59.5 Å². The largest absolute Gasteiger partial charge is 0.379 e. The maximum Gasteiger partial charge on any atom is 0.335 e. The Hall–Kier alpha value is -2.07. The molecule has 1 aliphatic rings. The molecule has 0 amide bonds. The summed E-state index contributed by atoms with van der Waals surface area (Å²) in [5.41, 5.74) is 2.13. The molecule has 102 valence electrons. The lowest BCUT2D eigenvalue weighted by Crippen LogP contribution is -2.15. The molecule has 0 bridgehead atoms. The molecule has 3 nitrogen and oxygen atoms in total. The summed E-state index contributed by atoms with van der Waals surface area (Å²) in [5.74, 6) is 0.340. The van der Waals surface area contributed by atoms with Crippen molar-refractivity contribution in [2.45, 2.75) is 12.8 Å². The van der Waals surface area contributed by atoms with E-state index >= 15 is 0 Å². The molecule has 1 aliphatic carbocycles. The lowest BCUT2D eigenvalue weighted by molar-refractivity contribution is 0.492. The Bertz CT molecular complexity index is 746. The summed E-state index contributed by atoms with van der Waals surface area (Å²) in [5, 5.41) is 0. The van der Waals surface area contributed by atoms with Gasteiger partial charge < -0.3 is 4.18 Å². The van der Waals surface area contributed by atoms with E-state index in [1.54, 1.807) is 30.3 Å². The predicted molar refractivity (Wildman–Crippen MR) is 78.7 cm³/mol. The van der Waals surface area contributed by atoms with E-state index in [1.807, 2.05) is 30.3 Å². The van der Waals surface area contributed by atoms with Gasteiger partial charge in [-0.3, -0.25) is 0 Å². The number of rotatable bonds is 3. The average Bonchev–Trinajstić information content (AvgIpc) is 2.47. The van der Waals surface area contributed by atoms with Crippen LogP contribution in [0.5, 0.6) is 5.75 Å². The van der Waals surface area contributed by atoms with E-state index in [9.17, 15) is 8.42 Å². The Morgan fingerprint density at radius 1 is 0.850 bits per heavy atom. The zero-order chi connectivity index (χ0) is 14.0. The van der Waals surface area contributed by atoms with Crippen LogP contribution in [-0.4, -0.2) is 8.42 Å². The molecule has 0 saturated carbocycles. The molecule has 2 aromatic carbocycles. The van der Waals surface area contributed by atoms with Crippen LogP contribution in [0.1, 0.15) is 17.5 Å². The molecule has 0 saturated heterocycles. The quantitative estimate of drug-likeness (QED) is 0.812. The molecule has 0 aliphatic heterocycles. The van der Waals surface area contributed by atoms with E-state index in [-0.39, 0.29) is 0 Å². The van der Waals surface area contributed by atoms with Gasteiger partial charge in [-0.05, 0) is 42.2 Å². The van der Waals surface area contributed by atoms with Crippen molar-refractivity contribution in [3.63, 3.8) is 0 Å². The SMILES string of the molecule is O=S(=O)(Oc1ccccc1)C1=Cc2ccccc2CC1. The number of para-hydroxylation sites is 1. The second-order valence-electron chi connectivity index (χ2n) is 4.66. The zero-order valence-corrected chi connectivity index (χ0v) is 11.6. The van der Waals surface area contributed by atoms with Gasteiger partial charge in [0.2, 0.25) is 0 Å². The van der Waals surface area contributed by atoms with E-state index in [2.05, 4.69) is 0 Å². The third kappa shape index (κ3) is 2.60. The van der Waals surface area contributed by atoms with Crippen LogP contribution < -0.4 is 4.18 Å². The first-order valence-electron chi connectivity index (χ1n) is 6.43. The van der Waals surface area contributed by atoms with E-state index in [1.165, 1.54) is 5.56 Å². The number of benzene rings is 2. The highest BCUT2D eigenvalue weighted by Gasteiger charge is 2.23. The van der Waals surface area contributed by atoms with E-state index in [0.29, 0.717) is 17.1 Å². The minimum Gasteiger partial charge on any atom is -0.379 e. The molecular formula is C16H14O3S. The van der Waals surface area contributed by atoms with Gasteiger partial charge in [0.15, 0.2) is 0 Å². The van der Waals surface area contributed by atoms with Crippen molar-refractivity contribution in [3.8, 4) is 5.75 Å². The van der Waals surface area contributed by atoms with Crippen LogP contribution >= 0.6 is 0 Å². The predicted octanol–water partition coefficient (Wildman–Crippen LogP) is 3.38. The van der Waals surface area contributed by atoms with Crippen molar-refractivity contribution < 1.29 is 12.6 Å². The monoisotopic (exact) mass is 286 g/mol. The maximum atomic E-state index is 12.3. The molecule has 3 rings (SSSR count). The van der Waals surface area contributed by atoms with Crippen molar-refractivity contribution >= 4 is 16.2 Å². The Morgan fingerprint density at radius 2 is 1.55 bits per heavy atom. The third-order valence-corrected chi connectivity index (χ3v) is 4.66. The maximum absolute atomic E-state index is 12.3. The molecule has 2 aromatic rings. The molecule has 0 unspecified atom stereocenters. The highest BCUT2D eigenvalue weighted by Crippen LogP contribution is 2.28. The Kier molecular flexibility index (Phi) is 3.32. The fourth-order valence-electron chi connectivity index (χ4n) is 2.26. The Labute approximate surface area is 118 Å². The summed E-state index contributed by atoms with van der Waals surface area (Å²) in [4.78, 5) is 0.333. The first-order chi connectivity index (χ1) is 9.65. The summed E-state index contributed by atoms with van der Waals surface area (Å²) in [6, 6.07) is 16.4. The number of hydrogen-bond donors (Lipinski definition) is 0. The van der Waals surface area contributed by atoms with Crippen molar-refractivity contribution in [3.05, 3.63) is 70.6 Å². The Balaban J connectivity index is 1.92. The summed E-state index contributed by atoms with van der Waals surface area (Å²) >= 11 is 0. The number of fused-ring (bicyclic) bond motifs is 1. The molecule has 0 atom stereocenters. The molecule has 0 heterocycles. The second kappa shape index (κ2) is 5.13. The van der Waals surface area contributed by atoms with Crippen LogP contribution in [0.25, 0.3) is 6.08 Å². The Morgan fingerprint density at radius 3 is 2.35 bits per heavy atom. The van der Waals surface area contributed by atoms with Gasteiger partial charge in [-0.15, -0.1) is 0 Å². The third-order valence-electron chi connectivity index (χ3n) is 3.28. The van der Waals surface area contributed by atoms with Crippen molar-refractivity contribution in [2.24, 2.45) is 0 Å². The fourth-order valence-corrected chi connectivity index (χ4v) is 3.35. The van der Waals surface area contributed by atoms with Crippen LogP contribution in [0, 0.1) is 0 Å². The van der Waals surface area contributed by atoms with Crippen LogP contribution in [0.2, 0.25) is 0 Å². The standard InChI is InChI=1S/C16H14O3S/c17-20(18,19-15-8-2-1-3-9-15)16-11-10-13-6-4-5-7-14(13)12-16/h1-9,12H,10-11H2. The molecule has 20 heavy (non-hydrogen) atoms. The molecule has 0 N–H and O–H groups in total. The van der Waals surface area contributed by atoms with Gasteiger partial charge >= 0.3 is 10.1 Å². The minimum absolute atomic E-state index is 0.333. The summed E-state index contributed by atoms with van der Waals surface area (Å²) in [6.45, 7) is 0. The van der Waals surface area contributed by atoms with Crippen LogP contribution in [0.4, 0.5) is 0 Å². The first-order valence-corrected chi connectivity index (χ1v) is 7.84. The van der Waals surface area contributed by atoms with Gasteiger partial charge in [-0.1, -0.05) is 42.5 Å². The number of aryl methyl sites for hydroxylation is 1. The van der Waals surface area contributed by atoms with E-state index in [0.717, 1.165) is 12.0 Å². The van der Waals surface area contributed by atoms with Crippen molar-refractivity contribution in [1.82, 2.24) is 0 Å². The van der Waals surface area contributed by atoms with Crippen molar-refractivity contribution in [1.29, 1.82) is 0 Å². The van der Waals surface area contributed by atoms with Gasteiger partial charge in [0.1, 0.15) is 5.75 Å². The normalized spacial score (nSPS) is 14.3. The minimum atomic E-state index is -3.72. The number of hydrogen-bond acceptors (Lipinski definition) is 3. The van der Waals surface area contributed by atoms with Gasteiger partial charge in [0, 0.05) is 0 Å².